The molecule has 1 heterocycles. The summed E-state index contributed by atoms with van der Waals surface area (Å²) in [7, 11) is 0. The van der Waals surface area contributed by atoms with E-state index < -0.39 is 0 Å². The van der Waals surface area contributed by atoms with E-state index in [1.807, 2.05) is 6.07 Å². The lowest BCUT2D eigenvalue weighted by Gasteiger charge is -2.28. The van der Waals surface area contributed by atoms with Crippen molar-refractivity contribution in [2.45, 2.75) is 25.9 Å². The van der Waals surface area contributed by atoms with Crippen molar-refractivity contribution >= 4 is 5.69 Å². The van der Waals surface area contributed by atoms with E-state index in [0.29, 0.717) is 18.2 Å². The van der Waals surface area contributed by atoms with Gasteiger partial charge in [-0.05, 0) is 29.2 Å². The van der Waals surface area contributed by atoms with Crippen LogP contribution in [-0.4, -0.2) is 6.54 Å². The van der Waals surface area contributed by atoms with Gasteiger partial charge in [-0.15, -0.1) is 0 Å². The third-order valence-corrected chi connectivity index (χ3v) is 3.68. The molecule has 0 saturated heterocycles. The van der Waals surface area contributed by atoms with Crippen LogP contribution in [0.3, 0.4) is 0 Å². The Hall–Kier alpha value is -2.03. The molecule has 3 heteroatoms. The predicted octanol–water partition coefficient (Wildman–Crippen LogP) is 4.49. The summed E-state index contributed by atoms with van der Waals surface area (Å²) in [4.78, 5) is 0. The Morgan fingerprint density at radius 2 is 1.90 bits per heavy atom. The molecule has 104 valence electrons. The molecule has 0 fully saturated rings. The van der Waals surface area contributed by atoms with Gasteiger partial charge in [0, 0.05) is 0 Å². The second kappa shape index (κ2) is 5.16. The molecule has 1 atom stereocenters. The van der Waals surface area contributed by atoms with Gasteiger partial charge in [-0.1, -0.05) is 44.2 Å². The smallest absolute Gasteiger partial charge is 0.179 e. The van der Waals surface area contributed by atoms with Crippen LogP contribution in [0.2, 0.25) is 0 Å². The Kier molecular flexibility index (Phi) is 3.35. The SMILES string of the molecule is CC(C)c1ccc(C2CNc3cccc(F)c3O2)cc1. The van der Waals surface area contributed by atoms with Gasteiger partial charge in [0.15, 0.2) is 11.6 Å². The lowest BCUT2D eigenvalue weighted by molar-refractivity contribution is 0.200. The van der Waals surface area contributed by atoms with Crippen molar-refractivity contribution in [1.82, 2.24) is 0 Å². The molecule has 0 saturated carbocycles. The lowest BCUT2D eigenvalue weighted by Crippen LogP contribution is -2.24. The molecule has 0 radical (unpaired) electrons. The number of hydrogen-bond acceptors (Lipinski definition) is 2. The predicted molar refractivity (Wildman–Crippen MR) is 78.8 cm³/mol. The minimum atomic E-state index is -0.321. The van der Waals surface area contributed by atoms with Crippen LogP contribution in [0, 0.1) is 5.82 Å². The second-order valence-electron chi connectivity index (χ2n) is 5.43. The molecule has 3 rings (SSSR count). The Morgan fingerprint density at radius 3 is 2.60 bits per heavy atom. The molecule has 2 aromatic rings. The van der Waals surface area contributed by atoms with Crippen LogP contribution in [0.25, 0.3) is 0 Å². The minimum Gasteiger partial charge on any atom is -0.479 e. The zero-order chi connectivity index (χ0) is 14.1. The summed E-state index contributed by atoms with van der Waals surface area (Å²) in [6.45, 7) is 4.98. The van der Waals surface area contributed by atoms with Crippen molar-refractivity contribution in [1.29, 1.82) is 0 Å². The highest BCUT2D eigenvalue weighted by atomic mass is 19.1. The number of para-hydroxylation sites is 1. The molecule has 2 nitrogen and oxygen atoms in total. The van der Waals surface area contributed by atoms with E-state index in [4.69, 9.17) is 4.74 Å². The van der Waals surface area contributed by atoms with Gasteiger partial charge >= 0.3 is 0 Å². The fraction of sp³-hybridized carbons (Fsp3) is 0.294. The third-order valence-electron chi connectivity index (χ3n) is 3.68. The molecular formula is C17H18FNO. The van der Waals surface area contributed by atoms with Crippen LogP contribution in [0.15, 0.2) is 42.5 Å². The molecule has 0 aromatic heterocycles. The molecule has 0 amide bonds. The molecule has 0 aliphatic carbocycles. The highest BCUT2D eigenvalue weighted by Gasteiger charge is 2.23. The number of benzene rings is 2. The van der Waals surface area contributed by atoms with Crippen LogP contribution < -0.4 is 10.1 Å². The first-order valence-corrected chi connectivity index (χ1v) is 6.94. The van der Waals surface area contributed by atoms with Gasteiger partial charge in [0.25, 0.3) is 0 Å². The first-order chi connectivity index (χ1) is 9.65. The maximum Gasteiger partial charge on any atom is 0.179 e. The average Bonchev–Trinajstić information content (AvgIpc) is 2.47. The quantitative estimate of drug-likeness (QED) is 0.868. The van der Waals surface area contributed by atoms with Gasteiger partial charge in [-0.3, -0.25) is 0 Å². The number of anilines is 1. The maximum absolute atomic E-state index is 13.8. The van der Waals surface area contributed by atoms with Gasteiger partial charge in [0.05, 0.1) is 12.2 Å². The zero-order valence-electron chi connectivity index (χ0n) is 11.7. The molecule has 1 aliphatic heterocycles. The van der Waals surface area contributed by atoms with Gasteiger partial charge in [-0.2, -0.15) is 0 Å². The Balaban J connectivity index is 1.85. The monoisotopic (exact) mass is 271 g/mol. The van der Waals surface area contributed by atoms with Gasteiger partial charge in [-0.25, -0.2) is 4.39 Å². The van der Waals surface area contributed by atoms with E-state index in [1.165, 1.54) is 11.6 Å². The topological polar surface area (TPSA) is 21.3 Å². The van der Waals surface area contributed by atoms with E-state index in [-0.39, 0.29) is 11.9 Å². The summed E-state index contributed by atoms with van der Waals surface area (Å²) < 4.78 is 19.6. The first kappa shape index (κ1) is 13.0. The van der Waals surface area contributed by atoms with Crippen molar-refractivity contribution in [2.75, 3.05) is 11.9 Å². The Labute approximate surface area is 118 Å². The van der Waals surface area contributed by atoms with Crippen molar-refractivity contribution in [3.05, 3.63) is 59.4 Å². The third kappa shape index (κ3) is 2.36. The number of rotatable bonds is 2. The van der Waals surface area contributed by atoms with Crippen molar-refractivity contribution in [3.8, 4) is 5.75 Å². The highest BCUT2D eigenvalue weighted by Crippen LogP contribution is 2.36. The van der Waals surface area contributed by atoms with Crippen LogP contribution in [0.4, 0.5) is 10.1 Å². The van der Waals surface area contributed by atoms with Crippen LogP contribution >= 0.6 is 0 Å². The fourth-order valence-electron chi connectivity index (χ4n) is 2.44. The van der Waals surface area contributed by atoms with Crippen LogP contribution in [-0.2, 0) is 0 Å². The van der Waals surface area contributed by atoms with Crippen molar-refractivity contribution in [3.63, 3.8) is 0 Å². The van der Waals surface area contributed by atoms with Gasteiger partial charge < -0.3 is 10.1 Å². The Bertz CT molecular complexity index is 607. The number of ether oxygens (including phenoxy) is 1. The van der Waals surface area contributed by atoms with Crippen molar-refractivity contribution in [2.24, 2.45) is 0 Å². The summed E-state index contributed by atoms with van der Waals surface area (Å²) in [6.07, 6.45) is -0.152. The standard InChI is InChI=1S/C17H18FNO/c1-11(2)12-6-8-13(9-7-12)16-10-19-15-5-3-4-14(18)17(15)20-16/h3-9,11,16,19H,10H2,1-2H3. The van der Waals surface area contributed by atoms with Crippen LogP contribution in [0.1, 0.15) is 37.0 Å². The largest absolute Gasteiger partial charge is 0.479 e. The lowest BCUT2D eigenvalue weighted by atomic mass is 9.99. The summed E-state index contributed by atoms with van der Waals surface area (Å²) in [6, 6.07) is 13.3. The van der Waals surface area contributed by atoms with Crippen LogP contribution in [0.5, 0.6) is 5.75 Å². The van der Waals surface area contributed by atoms with E-state index in [2.05, 4.69) is 43.4 Å². The molecule has 1 unspecified atom stereocenters. The molecule has 0 spiro atoms. The van der Waals surface area contributed by atoms with E-state index in [0.717, 1.165) is 11.3 Å². The normalized spacial score (nSPS) is 17.3. The molecule has 2 aromatic carbocycles. The zero-order valence-corrected chi connectivity index (χ0v) is 11.7. The van der Waals surface area contributed by atoms with Gasteiger partial charge in [0.1, 0.15) is 6.10 Å². The van der Waals surface area contributed by atoms with E-state index in [1.54, 1.807) is 6.07 Å². The summed E-state index contributed by atoms with van der Waals surface area (Å²) in [5.41, 5.74) is 3.08. The molecule has 20 heavy (non-hydrogen) atoms. The maximum atomic E-state index is 13.8. The summed E-state index contributed by atoms with van der Waals surface area (Å²) in [5.74, 6) is 0.503. The molecule has 1 aliphatic rings. The van der Waals surface area contributed by atoms with E-state index >= 15 is 0 Å². The second-order valence-corrected chi connectivity index (χ2v) is 5.43. The number of fused-ring (bicyclic) bond motifs is 1. The van der Waals surface area contributed by atoms with Crippen molar-refractivity contribution < 1.29 is 9.13 Å². The van der Waals surface area contributed by atoms with E-state index in [9.17, 15) is 4.39 Å². The molecular weight excluding hydrogens is 253 g/mol. The Morgan fingerprint density at radius 1 is 1.15 bits per heavy atom. The first-order valence-electron chi connectivity index (χ1n) is 6.94. The fourth-order valence-corrected chi connectivity index (χ4v) is 2.44. The number of hydrogen-bond donors (Lipinski definition) is 1. The summed E-state index contributed by atoms with van der Waals surface area (Å²) >= 11 is 0. The van der Waals surface area contributed by atoms with Gasteiger partial charge in [0.2, 0.25) is 0 Å². The number of nitrogens with one attached hydrogen (secondary N) is 1. The minimum absolute atomic E-state index is 0.152. The summed E-state index contributed by atoms with van der Waals surface area (Å²) in [5, 5.41) is 3.22. The number of halogens is 1. The molecule has 1 N–H and O–H groups in total. The average molecular weight is 271 g/mol. The molecule has 0 bridgehead atoms. The highest BCUT2D eigenvalue weighted by molar-refractivity contribution is 5.58.